The molecule has 1 N–H and O–H groups in total. The standard InChI is InChI=1S/C15H15ClN2OS/c1-3-17-15-18-10(2)14(20-15)13(19)9-6-11-4-7-12(16)8-5-11/h4-9H,3H2,1-2H3,(H,17,18)/b9-6+. The molecule has 0 aliphatic heterocycles. The van der Waals surface area contributed by atoms with Crippen molar-refractivity contribution in [1.82, 2.24) is 4.98 Å². The molecule has 2 aromatic rings. The molecule has 1 aromatic carbocycles. The van der Waals surface area contributed by atoms with Gasteiger partial charge in [-0.15, -0.1) is 0 Å². The molecular formula is C15H15ClN2OS. The number of carbonyl (C=O) groups excluding carboxylic acids is 1. The number of anilines is 1. The van der Waals surface area contributed by atoms with Crippen LogP contribution < -0.4 is 5.32 Å². The summed E-state index contributed by atoms with van der Waals surface area (Å²) in [6.07, 6.45) is 3.35. The Balaban J connectivity index is 2.13. The van der Waals surface area contributed by atoms with E-state index < -0.39 is 0 Å². The quantitative estimate of drug-likeness (QED) is 0.656. The molecule has 0 amide bonds. The van der Waals surface area contributed by atoms with Gasteiger partial charge in [0.15, 0.2) is 10.9 Å². The molecule has 1 heterocycles. The van der Waals surface area contributed by atoms with Crippen LogP contribution in [-0.4, -0.2) is 17.3 Å². The van der Waals surface area contributed by atoms with Gasteiger partial charge >= 0.3 is 0 Å². The number of halogens is 1. The first-order valence-electron chi connectivity index (χ1n) is 6.29. The molecule has 0 aliphatic rings. The lowest BCUT2D eigenvalue weighted by molar-refractivity contribution is 0.105. The largest absolute Gasteiger partial charge is 0.362 e. The van der Waals surface area contributed by atoms with Crippen molar-refractivity contribution in [3.8, 4) is 0 Å². The number of ketones is 1. The maximum absolute atomic E-state index is 12.2. The Morgan fingerprint density at radius 1 is 1.40 bits per heavy atom. The van der Waals surface area contributed by atoms with Crippen molar-refractivity contribution in [2.45, 2.75) is 13.8 Å². The van der Waals surface area contributed by atoms with E-state index >= 15 is 0 Å². The van der Waals surface area contributed by atoms with Gasteiger partial charge in [0.2, 0.25) is 0 Å². The molecule has 0 bridgehead atoms. The van der Waals surface area contributed by atoms with Crippen molar-refractivity contribution in [1.29, 1.82) is 0 Å². The van der Waals surface area contributed by atoms with E-state index in [0.717, 1.165) is 22.9 Å². The van der Waals surface area contributed by atoms with Crippen LogP contribution in [0.15, 0.2) is 30.3 Å². The molecule has 2 rings (SSSR count). The first-order valence-corrected chi connectivity index (χ1v) is 7.49. The van der Waals surface area contributed by atoms with Crippen LogP contribution in [0.1, 0.15) is 27.9 Å². The molecule has 0 aliphatic carbocycles. The van der Waals surface area contributed by atoms with Gasteiger partial charge in [0.05, 0.1) is 10.6 Å². The first-order chi connectivity index (χ1) is 9.60. The number of benzene rings is 1. The highest BCUT2D eigenvalue weighted by molar-refractivity contribution is 7.17. The van der Waals surface area contributed by atoms with Gasteiger partial charge < -0.3 is 5.32 Å². The molecule has 104 valence electrons. The minimum absolute atomic E-state index is 0.0286. The van der Waals surface area contributed by atoms with E-state index in [-0.39, 0.29) is 5.78 Å². The third kappa shape index (κ3) is 3.68. The fraction of sp³-hybridized carbons (Fsp3) is 0.200. The Morgan fingerprint density at radius 3 is 2.75 bits per heavy atom. The average Bonchev–Trinajstić information content (AvgIpc) is 2.79. The van der Waals surface area contributed by atoms with Gasteiger partial charge in [0, 0.05) is 11.6 Å². The molecule has 3 nitrogen and oxygen atoms in total. The van der Waals surface area contributed by atoms with Crippen LogP contribution in [0.2, 0.25) is 5.02 Å². The number of aryl methyl sites for hydroxylation is 1. The summed E-state index contributed by atoms with van der Waals surface area (Å²) in [5, 5.41) is 4.59. The van der Waals surface area contributed by atoms with Crippen molar-refractivity contribution in [2.75, 3.05) is 11.9 Å². The van der Waals surface area contributed by atoms with E-state index in [4.69, 9.17) is 11.6 Å². The molecule has 1 aromatic heterocycles. The van der Waals surface area contributed by atoms with Crippen molar-refractivity contribution in [3.63, 3.8) is 0 Å². The van der Waals surface area contributed by atoms with Gasteiger partial charge in [0.1, 0.15) is 0 Å². The second-order valence-electron chi connectivity index (χ2n) is 4.21. The maximum atomic E-state index is 12.2. The first kappa shape index (κ1) is 14.8. The number of thiazole rings is 1. The van der Waals surface area contributed by atoms with Gasteiger partial charge in [-0.25, -0.2) is 4.98 Å². The summed E-state index contributed by atoms with van der Waals surface area (Å²) < 4.78 is 0. The van der Waals surface area contributed by atoms with Crippen LogP contribution >= 0.6 is 22.9 Å². The minimum Gasteiger partial charge on any atom is -0.362 e. The molecule has 20 heavy (non-hydrogen) atoms. The molecule has 0 saturated heterocycles. The van der Waals surface area contributed by atoms with Crippen LogP contribution in [0.4, 0.5) is 5.13 Å². The third-order valence-electron chi connectivity index (χ3n) is 2.65. The number of carbonyl (C=O) groups is 1. The van der Waals surface area contributed by atoms with Crippen LogP contribution in [0.3, 0.4) is 0 Å². The fourth-order valence-electron chi connectivity index (χ4n) is 1.67. The highest BCUT2D eigenvalue weighted by Gasteiger charge is 2.12. The normalized spacial score (nSPS) is 10.9. The van der Waals surface area contributed by atoms with Gasteiger partial charge in [-0.1, -0.05) is 41.1 Å². The van der Waals surface area contributed by atoms with Crippen LogP contribution in [0, 0.1) is 6.92 Å². The molecule has 0 saturated carbocycles. The number of rotatable bonds is 5. The zero-order chi connectivity index (χ0) is 14.5. The zero-order valence-electron chi connectivity index (χ0n) is 11.3. The van der Waals surface area contributed by atoms with Crippen LogP contribution in [-0.2, 0) is 0 Å². The summed E-state index contributed by atoms with van der Waals surface area (Å²) in [4.78, 5) is 17.1. The number of nitrogens with zero attached hydrogens (tertiary/aromatic N) is 1. The van der Waals surface area contributed by atoms with Crippen LogP contribution in [0.25, 0.3) is 6.08 Å². The number of aromatic nitrogens is 1. The predicted octanol–water partition coefficient (Wildman–Crippen LogP) is 4.43. The van der Waals surface area contributed by atoms with Crippen molar-refractivity contribution in [2.24, 2.45) is 0 Å². The minimum atomic E-state index is -0.0286. The molecule has 0 atom stereocenters. The van der Waals surface area contributed by atoms with Gasteiger partial charge in [-0.05, 0) is 37.6 Å². The second-order valence-corrected chi connectivity index (χ2v) is 5.65. The SMILES string of the molecule is CCNc1nc(C)c(C(=O)/C=C/c2ccc(Cl)cc2)s1. The smallest absolute Gasteiger partial charge is 0.197 e. The molecule has 0 unspecified atom stereocenters. The number of hydrogen-bond acceptors (Lipinski definition) is 4. The number of nitrogens with one attached hydrogen (secondary N) is 1. The molecule has 0 spiro atoms. The van der Waals surface area contributed by atoms with E-state index in [0.29, 0.717) is 9.90 Å². The lowest BCUT2D eigenvalue weighted by Gasteiger charge is -1.94. The predicted molar refractivity (Wildman–Crippen MR) is 85.8 cm³/mol. The summed E-state index contributed by atoms with van der Waals surface area (Å²) in [5.74, 6) is -0.0286. The summed E-state index contributed by atoms with van der Waals surface area (Å²) in [6.45, 7) is 4.64. The van der Waals surface area contributed by atoms with Crippen molar-refractivity contribution >= 4 is 39.9 Å². The van der Waals surface area contributed by atoms with E-state index in [1.165, 1.54) is 11.3 Å². The Labute approximate surface area is 127 Å². The van der Waals surface area contributed by atoms with E-state index in [1.54, 1.807) is 24.3 Å². The van der Waals surface area contributed by atoms with Gasteiger partial charge in [0.25, 0.3) is 0 Å². The van der Waals surface area contributed by atoms with E-state index in [9.17, 15) is 4.79 Å². The maximum Gasteiger partial charge on any atom is 0.197 e. The number of allylic oxidation sites excluding steroid dienone is 1. The topological polar surface area (TPSA) is 42.0 Å². The lowest BCUT2D eigenvalue weighted by atomic mass is 10.2. The molecule has 0 fully saturated rings. The molecule has 0 radical (unpaired) electrons. The zero-order valence-corrected chi connectivity index (χ0v) is 12.9. The average molecular weight is 307 g/mol. The summed E-state index contributed by atoms with van der Waals surface area (Å²) in [6, 6.07) is 7.34. The monoisotopic (exact) mass is 306 g/mol. The highest BCUT2D eigenvalue weighted by atomic mass is 35.5. The van der Waals surface area contributed by atoms with Crippen molar-refractivity contribution in [3.05, 3.63) is 51.5 Å². The summed E-state index contributed by atoms with van der Waals surface area (Å²) >= 11 is 7.20. The fourth-order valence-corrected chi connectivity index (χ4v) is 2.75. The summed E-state index contributed by atoms with van der Waals surface area (Å²) in [5.41, 5.74) is 1.70. The highest BCUT2D eigenvalue weighted by Crippen LogP contribution is 2.23. The van der Waals surface area contributed by atoms with E-state index in [1.807, 2.05) is 26.0 Å². The Hall–Kier alpha value is -1.65. The van der Waals surface area contributed by atoms with Crippen molar-refractivity contribution < 1.29 is 4.79 Å². The Kier molecular flexibility index (Phi) is 4.93. The second kappa shape index (κ2) is 6.68. The number of hydrogen-bond donors (Lipinski definition) is 1. The Morgan fingerprint density at radius 2 is 2.10 bits per heavy atom. The third-order valence-corrected chi connectivity index (χ3v) is 4.03. The van der Waals surface area contributed by atoms with Crippen LogP contribution in [0.5, 0.6) is 0 Å². The molecular weight excluding hydrogens is 292 g/mol. The van der Waals surface area contributed by atoms with E-state index in [2.05, 4.69) is 10.3 Å². The molecule has 5 heteroatoms. The lowest BCUT2D eigenvalue weighted by Crippen LogP contribution is -1.94. The van der Waals surface area contributed by atoms with Gasteiger partial charge in [-0.3, -0.25) is 4.79 Å². The Bertz CT molecular complexity index is 632. The summed E-state index contributed by atoms with van der Waals surface area (Å²) in [7, 11) is 0. The van der Waals surface area contributed by atoms with Gasteiger partial charge in [-0.2, -0.15) is 0 Å².